The van der Waals surface area contributed by atoms with Gasteiger partial charge in [0.25, 0.3) is 0 Å². The van der Waals surface area contributed by atoms with Crippen LogP contribution in [0, 0.1) is 17.0 Å². The molecule has 0 aliphatic heterocycles. The summed E-state index contributed by atoms with van der Waals surface area (Å²) >= 11 is 6.00. The fraction of sp³-hybridized carbons (Fsp3) is 0.0769. The van der Waals surface area contributed by atoms with Gasteiger partial charge in [0.1, 0.15) is 0 Å². The molecule has 1 aromatic heterocycles. The van der Waals surface area contributed by atoms with E-state index in [4.69, 9.17) is 16.7 Å². The second-order valence-corrected chi connectivity index (χ2v) is 4.64. The van der Waals surface area contributed by atoms with Crippen molar-refractivity contribution in [2.45, 2.75) is 6.92 Å². The highest BCUT2D eigenvalue weighted by Gasteiger charge is 2.19. The number of nitro groups is 1. The van der Waals surface area contributed by atoms with Gasteiger partial charge in [0.05, 0.1) is 15.6 Å². The molecule has 0 saturated heterocycles. The van der Waals surface area contributed by atoms with Crippen molar-refractivity contribution in [1.29, 1.82) is 0 Å². The van der Waals surface area contributed by atoms with Crippen LogP contribution < -0.4 is 5.32 Å². The average Bonchev–Trinajstić information content (AvgIpc) is 2.42. The summed E-state index contributed by atoms with van der Waals surface area (Å²) in [6, 6.07) is 7.25. The summed E-state index contributed by atoms with van der Waals surface area (Å²) in [6.07, 6.45) is 0. The van der Waals surface area contributed by atoms with Crippen molar-refractivity contribution in [3.05, 3.63) is 56.7 Å². The van der Waals surface area contributed by atoms with Gasteiger partial charge < -0.3 is 10.4 Å². The number of aromatic nitrogens is 1. The Balaban J connectivity index is 2.50. The first-order chi connectivity index (χ1) is 9.88. The molecule has 7 nitrogen and oxygen atoms in total. The van der Waals surface area contributed by atoms with E-state index in [-0.39, 0.29) is 17.2 Å². The van der Waals surface area contributed by atoms with E-state index in [0.29, 0.717) is 10.7 Å². The summed E-state index contributed by atoms with van der Waals surface area (Å²) in [6.45, 7) is 1.83. The number of rotatable bonds is 4. The van der Waals surface area contributed by atoms with Crippen LogP contribution in [0.25, 0.3) is 0 Å². The number of aromatic carboxylic acids is 1. The zero-order valence-electron chi connectivity index (χ0n) is 10.8. The van der Waals surface area contributed by atoms with Gasteiger partial charge in [0, 0.05) is 6.07 Å². The lowest BCUT2D eigenvalue weighted by Gasteiger charge is -2.09. The molecule has 21 heavy (non-hydrogen) atoms. The van der Waals surface area contributed by atoms with Crippen LogP contribution in [-0.4, -0.2) is 21.0 Å². The maximum absolute atomic E-state index is 11.0. The van der Waals surface area contributed by atoms with E-state index in [1.54, 1.807) is 18.2 Å². The Kier molecular flexibility index (Phi) is 4.04. The van der Waals surface area contributed by atoms with Crippen LogP contribution in [0.4, 0.5) is 17.2 Å². The van der Waals surface area contributed by atoms with Gasteiger partial charge in [-0.3, -0.25) is 10.1 Å². The first kappa shape index (κ1) is 14.7. The molecule has 2 rings (SSSR count). The molecule has 0 aliphatic carbocycles. The first-order valence-corrected chi connectivity index (χ1v) is 6.18. The minimum Gasteiger partial charge on any atom is -0.477 e. The van der Waals surface area contributed by atoms with Crippen LogP contribution in [0.1, 0.15) is 16.1 Å². The molecule has 0 atom stereocenters. The van der Waals surface area contributed by atoms with Crippen molar-refractivity contribution in [2.24, 2.45) is 0 Å². The van der Waals surface area contributed by atoms with E-state index in [0.717, 1.165) is 17.7 Å². The molecule has 0 bridgehead atoms. The lowest BCUT2D eigenvalue weighted by atomic mass is 10.2. The van der Waals surface area contributed by atoms with Gasteiger partial charge in [-0.05, 0) is 30.7 Å². The highest BCUT2D eigenvalue weighted by Crippen LogP contribution is 2.30. The maximum Gasteiger partial charge on any atom is 0.354 e. The lowest BCUT2D eigenvalue weighted by molar-refractivity contribution is -0.384. The van der Waals surface area contributed by atoms with Crippen LogP contribution in [0.15, 0.2) is 30.3 Å². The monoisotopic (exact) mass is 307 g/mol. The second kappa shape index (κ2) is 5.76. The zero-order chi connectivity index (χ0) is 15.6. The van der Waals surface area contributed by atoms with Crippen molar-refractivity contribution in [3.63, 3.8) is 0 Å². The third kappa shape index (κ3) is 3.26. The number of carbonyl (C=O) groups is 1. The normalized spacial score (nSPS) is 10.2. The minimum atomic E-state index is -1.27. The molecule has 0 fully saturated rings. The van der Waals surface area contributed by atoms with E-state index < -0.39 is 10.9 Å². The van der Waals surface area contributed by atoms with E-state index in [1.165, 1.54) is 0 Å². The average molecular weight is 308 g/mol. The van der Waals surface area contributed by atoms with E-state index in [1.807, 2.05) is 6.92 Å². The predicted molar refractivity (Wildman–Crippen MR) is 77.3 cm³/mol. The fourth-order valence-corrected chi connectivity index (χ4v) is 1.84. The molecule has 1 heterocycles. The topological polar surface area (TPSA) is 105 Å². The van der Waals surface area contributed by atoms with Gasteiger partial charge in [-0.25, -0.2) is 9.78 Å². The Bertz CT molecular complexity index is 733. The summed E-state index contributed by atoms with van der Waals surface area (Å²) < 4.78 is 0. The van der Waals surface area contributed by atoms with E-state index in [2.05, 4.69) is 10.3 Å². The summed E-state index contributed by atoms with van der Waals surface area (Å²) in [7, 11) is 0. The van der Waals surface area contributed by atoms with Crippen molar-refractivity contribution in [3.8, 4) is 0 Å². The van der Waals surface area contributed by atoms with Crippen molar-refractivity contribution in [1.82, 2.24) is 4.98 Å². The molecule has 0 aliphatic rings. The largest absolute Gasteiger partial charge is 0.477 e. The highest BCUT2D eigenvalue weighted by molar-refractivity contribution is 6.33. The van der Waals surface area contributed by atoms with Crippen LogP contribution in [0.5, 0.6) is 0 Å². The van der Waals surface area contributed by atoms with E-state index in [9.17, 15) is 14.9 Å². The fourth-order valence-electron chi connectivity index (χ4n) is 1.67. The molecule has 1 aromatic carbocycles. The summed E-state index contributed by atoms with van der Waals surface area (Å²) in [5.74, 6) is -1.45. The van der Waals surface area contributed by atoms with Gasteiger partial charge in [0.15, 0.2) is 5.69 Å². The third-order valence-electron chi connectivity index (χ3n) is 2.66. The van der Waals surface area contributed by atoms with Gasteiger partial charge in [0.2, 0.25) is 5.82 Å². The summed E-state index contributed by atoms with van der Waals surface area (Å²) in [5.41, 5.74) is 0.665. The Labute approximate surface area is 124 Å². The van der Waals surface area contributed by atoms with Crippen LogP contribution >= 0.6 is 11.6 Å². The smallest absolute Gasteiger partial charge is 0.354 e. The molecule has 2 aromatic rings. The number of nitrogens with one attached hydrogen (secondary N) is 1. The zero-order valence-corrected chi connectivity index (χ0v) is 11.6. The van der Waals surface area contributed by atoms with Gasteiger partial charge >= 0.3 is 11.7 Å². The number of halogens is 1. The van der Waals surface area contributed by atoms with Gasteiger partial charge in [-0.1, -0.05) is 17.7 Å². The second-order valence-electron chi connectivity index (χ2n) is 4.23. The molecule has 0 saturated carbocycles. The molecule has 0 amide bonds. The lowest BCUT2D eigenvalue weighted by Crippen LogP contribution is -2.06. The molecular weight excluding hydrogens is 298 g/mol. The molecule has 2 N–H and O–H groups in total. The Morgan fingerprint density at radius 1 is 1.38 bits per heavy atom. The van der Waals surface area contributed by atoms with E-state index >= 15 is 0 Å². The van der Waals surface area contributed by atoms with Crippen LogP contribution in [0.2, 0.25) is 5.02 Å². The molecule has 0 unspecified atom stereocenters. The molecule has 8 heteroatoms. The first-order valence-electron chi connectivity index (χ1n) is 5.80. The highest BCUT2D eigenvalue weighted by atomic mass is 35.5. The third-order valence-corrected chi connectivity index (χ3v) is 2.99. The molecule has 0 radical (unpaired) electrons. The number of pyridine rings is 1. The van der Waals surface area contributed by atoms with Crippen LogP contribution in [-0.2, 0) is 0 Å². The SMILES string of the molecule is Cc1ccc(Cl)c(Nc2nc(C(=O)O)ccc2[N+](=O)[O-])c1. The number of nitrogens with zero attached hydrogens (tertiary/aromatic N) is 2. The summed E-state index contributed by atoms with van der Waals surface area (Å²) in [5, 5.41) is 23.0. The number of hydrogen-bond acceptors (Lipinski definition) is 5. The van der Waals surface area contributed by atoms with Crippen molar-refractivity contribution in [2.75, 3.05) is 5.32 Å². The predicted octanol–water partition coefficient (Wildman–Crippen LogP) is 3.39. The van der Waals surface area contributed by atoms with Crippen molar-refractivity contribution < 1.29 is 14.8 Å². The molecular formula is C13H10ClN3O4. The standard InChI is InChI=1S/C13H10ClN3O4/c1-7-2-3-8(14)10(6-7)16-12-11(17(20)21)5-4-9(15-12)13(18)19/h2-6H,1H3,(H,15,16)(H,18,19). The quantitative estimate of drug-likeness (QED) is 0.662. The Hall–Kier alpha value is -2.67. The molecule has 0 spiro atoms. The van der Waals surface area contributed by atoms with Gasteiger partial charge in [-0.15, -0.1) is 0 Å². The maximum atomic E-state index is 11.0. The number of anilines is 2. The summed E-state index contributed by atoms with van der Waals surface area (Å²) in [4.78, 5) is 25.0. The number of carboxylic acids is 1. The minimum absolute atomic E-state index is 0.174. The number of carboxylic acid groups (broad SMARTS) is 1. The Morgan fingerprint density at radius 2 is 2.10 bits per heavy atom. The van der Waals surface area contributed by atoms with Crippen LogP contribution in [0.3, 0.4) is 0 Å². The van der Waals surface area contributed by atoms with Gasteiger partial charge in [-0.2, -0.15) is 0 Å². The van der Waals surface area contributed by atoms with Crippen molar-refractivity contribution >= 4 is 34.8 Å². The Morgan fingerprint density at radius 3 is 2.71 bits per heavy atom. The molecule has 108 valence electrons. The number of aryl methyl sites for hydroxylation is 1. The number of hydrogen-bond donors (Lipinski definition) is 2. The number of benzene rings is 1.